The molecule has 2 aliphatic rings. The number of carbonyl (C=O) groups excluding carboxylic acids is 1. The van der Waals surface area contributed by atoms with E-state index in [9.17, 15) is 9.59 Å². The molecule has 5 nitrogen and oxygen atoms in total. The molecule has 1 amide bonds. The van der Waals surface area contributed by atoms with E-state index < -0.39 is 11.9 Å². The van der Waals surface area contributed by atoms with Crippen LogP contribution in [0.25, 0.3) is 0 Å². The third-order valence-electron chi connectivity index (χ3n) is 4.61. The zero-order valence-corrected chi connectivity index (χ0v) is 12.7. The van der Waals surface area contributed by atoms with Crippen molar-refractivity contribution < 1.29 is 14.7 Å². The zero-order chi connectivity index (χ0) is 15.5. The van der Waals surface area contributed by atoms with E-state index in [-0.39, 0.29) is 12.3 Å². The Hall–Kier alpha value is -2.04. The van der Waals surface area contributed by atoms with Crippen molar-refractivity contribution >= 4 is 17.6 Å². The number of hydrogen-bond acceptors (Lipinski definition) is 3. The molecule has 1 atom stereocenters. The zero-order valence-electron chi connectivity index (χ0n) is 12.7. The van der Waals surface area contributed by atoms with Crippen LogP contribution < -0.4 is 4.90 Å². The number of para-hydroxylation sites is 1. The van der Waals surface area contributed by atoms with Crippen LogP contribution in [-0.4, -0.2) is 41.5 Å². The molecule has 0 saturated carbocycles. The standard InChI is InChI=1S/C17H22N2O3/c20-16-10-14(17(21)22)12-19(16)11-13-6-2-3-7-15(13)18-8-4-1-5-9-18/h2-3,6-7,14H,1,4-5,8-12H2,(H,21,22). The van der Waals surface area contributed by atoms with Gasteiger partial charge in [-0.15, -0.1) is 0 Å². The molecule has 2 aliphatic heterocycles. The van der Waals surface area contributed by atoms with Crippen LogP contribution in [-0.2, 0) is 16.1 Å². The normalized spacial score (nSPS) is 22.2. The molecule has 3 rings (SSSR count). The Labute approximate surface area is 130 Å². The molecule has 1 unspecified atom stereocenters. The number of carboxylic acids is 1. The van der Waals surface area contributed by atoms with Gasteiger partial charge in [0, 0.05) is 38.3 Å². The molecule has 2 fully saturated rings. The fourth-order valence-electron chi connectivity index (χ4n) is 3.38. The van der Waals surface area contributed by atoms with E-state index in [4.69, 9.17) is 5.11 Å². The maximum Gasteiger partial charge on any atom is 0.308 e. The summed E-state index contributed by atoms with van der Waals surface area (Å²) in [5.41, 5.74) is 2.30. The van der Waals surface area contributed by atoms with Gasteiger partial charge in [0.05, 0.1) is 5.92 Å². The summed E-state index contributed by atoms with van der Waals surface area (Å²) in [6.07, 6.45) is 3.82. The molecule has 0 aliphatic carbocycles. The van der Waals surface area contributed by atoms with Gasteiger partial charge in [0.1, 0.15) is 0 Å². The van der Waals surface area contributed by atoms with Gasteiger partial charge in [0.15, 0.2) is 0 Å². The number of carbonyl (C=O) groups is 2. The van der Waals surface area contributed by atoms with Crippen LogP contribution in [0, 0.1) is 5.92 Å². The molecular weight excluding hydrogens is 280 g/mol. The number of amides is 1. The summed E-state index contributed by atoms with van der Waals surface area (Å²) in [4.78, 5) is 27.2. The van der Waals surface area contributed by atoms with Crippen LogP contribution in [0.15, 0.2) is 24.3 Å². The lowest BCUT2D eigenvalue weighted by Gasteiger charge is -2.31. The Morgan fingerprint density at radius 3 is 2.59 bits per heavy atom. The third-order valence-corrected chi connectivity index (χ3v) is 4.61. The third kappa shape index (κ3) is 3.08. The quantitative estimate of drug-likeness (QED) is 0.925. The van der Waals surface area contributed by atoms with Gasteiger partial charge in [-0.05, 0) is 30.9 Å². The van der Waals surface area contributed by atoms with Crippen LogP contribution >= 0.6 is 0 Å². The highest BCUT2D eigenvalue weighted by Crippen LogP contribution is 2.27. The van der Waals surface area contributed by atoms with E-state index in [1.54, 1.807) is 4.90 Å². The number of benzene rings is 1. The first-order valence-electron chi connectivity index (χ1n) is 7.98. The van der Waals surface area contributed by atoms with Crippen molar-refractivity contribution in [3.8, 4) is 0 Å². The number of anilines is 1. The van der Waals surface area contributed by atoms with E-state index in [0.29, 0.717) is 13.1 Å². The summed E-state index contributed by atoms with van der Waals surface area (Å²) in [5.74, 6) is -1.49. The van der Waals surface area contributed by atoms with Crippen LogP contribution in [0.5, 0.6) is 0 Å². The number of aliphatic carboxylic acids is 1. The minimum absolute atomic E-state index is 0.0548. The van der Waals surface area contributed by atoms with Crippen molar-refractivity contribution in [1.29, 1.82) is 0 Å². The summed E-state index contributed by atoms with van der Waals surface area (Å²) in [5, 5.41) is 9.09. The van der Waals surface area contributed by atoms with Crippen molar-refractivity contribution in [1.82, 2.24) is 4.90 Å². The van der Waals surface area contributed by atoms with Crippen LogP contribution in [0.3, 0.4) is 0 Å². The van der Waals surface area contributed by atoms with E-state index in [1.807, 2.05) is 18.2 Å². The number of rotatable bonds is 4. The summed E-state index contributed by atoms with van der Waals surface area (Å²) in [6, 6.07) is 8.17. The Bertz CT molecular complexity index is 567. The predicted octanol–water partition coefficient (Wildman–Crippen LogP) is 2.11. The van der Waals surface area contributed by atoms with E-state index >= 15 is 0 Å². The number of likely N-dealkylation sites (tertiary alicyclic amines) is 1. The monoisotopic (exact) mass is 302 g/mol. The first kappa shape index (κ1) is 14.9. The molecule has 118 valence electrons. The molecule has 2 saturated heterocycles. The fourth-order valence-corrected chi connectivity index (χ4v) is 3.38. The van der Waals surface area contributed by atoms with E-state index in [0.717, 1.165) is 18.7 Å². The second kappa shape index (κ2) is 6.38. The first-order chi connectivity index (χ1) is 10.6. The number of piperidine rings is 1. The molecule has 22 heavy (non-hydrogen) atoms. The van der Waals surface area contributed by atoms with Gasteiger partial charge in [-0.3, -0.25) is 9.59 Å². The lowest BCUT2D eigenvalue weighted by Crippen LogP contribution is -2.32. The molecule has 0 spiro atoms. The molecule has 1 aromatic carbocycles. The summed E-state index contributed by atoms with van der Waals surface area (Å²) in [6.45, 7) is 2.95. The number of nitrogens with zero attached hydrogens (tertiary/aromatic N) is 2. The molecular formula is C17H22N2O3. The molecule has 5 heteroatoms. The molecule has 0 radical (unpaired) electrons. The smallest absolute Gasteiger partial charge is 0.308 e. The number of hydrogen-bond donors (Lipinski definition) is 1. The molecule has 0 aromatic heterocycles. The first-order valence-corrected chi connectivity index (χ1v) is 7.98. The van der Waals surface area contributed by atoms with E-state index in [2.05, 4.69) is 11.0 Å². The van der Waals surface area contributed by atoms with Crippen LogP contribution in [0.1, 0.15) is 31.2 Å². The maximum absolute atomic E-state index is 12.0. The average Bonchev–Trinajstić information content (AvgIpc) is 2.90. The van der Waals surface area contributed by atoms with Gasteiger partial charge in [-0.1, -0.05) is 18.2 Å². The second-order valence-electron chi connectivity index (χ2n) is 6.19. The predicted molar refractivity (Wildman–Crippen MR) is 83.7 cm³/mol. The van der Waals surface area contributed by atoms with Gasteiger partial charge < -0.3 is 14.9 Å². The Morgan fingerprint density at radius 1 is 1.18 bits per heavy atom. The highest BCUT2D eigenvalue weighted by molar-refractivity contribution is 5.86. The SMILES string of the molecule is O=C(O)C1CC(=O)N(Cc2ccccc2N2CCCCC2)C1. The van der Waals surface area contributed by atoms with Gasteiger partial charge >= 0.3 is 5.97 Å². The van der Waals surface area contributed by atoms with Crippen molar-refractivity contribution in [2.75, 3.05) is 24.5 Å². The van der Waals surface area contributed by atoms with Gasteiger partial charge in [-0.25, -0.2) is 0 Å². The van der Waals surface area contributed by atoms with Crippen LogP contribution in [0.4, 0.5) is 5.69 Å². The molecule has 2 heterocycles. The minimum Gasteiger partial charge on any atom is -0.481 e. The number of carboxylic acid groups (broad SMARTS) is 1. The summed E-state index contributed by atoms with van der Waals surface area (Å²) in [7, 11) is 0. The highest BCUT2D eigenvalue weighted by Gasteiger charge is 2.34. The van der Waals surface area contributed by atoms with Gasteiger partial charge in [0.2, 0.25) is 5.91 Å². The molecule has 1 N–H and O–H groups in total. The average molecular weight is 302 g/mol. The van der Waals surface area contributed by atoms with Crippen molar-refractivity contribution in [2.45, 2.75) is 32.2 Å². The lowest BCUT2D eigenvalue weighted by atomic mass is 10.1. The van der Waals surface area contributed by atoms with Crippen LogP contribution in [0.2, 0.25) is 0 Å². The van der Waals surface area contributed by atoms with E-state index in [1.165, 1.54) is 24.9 Å². The summed E-state index contributed by atoms with van der Waals surface area (Å²) >= 11 is 0. The Kier molecular flexibility index (Phi) is 4.32. The largest absolute Gasteiger partial charge is 0.481 e. The Morgan fingerprint density at radius 2 is 1.91 bits per heavy atom. The van der Waals surface area contributed by atoms with Crippen molar-refractivity contribution in [3.05, 3.63) is 29.8 Å². The highest BCUT2D eigenvalue weighted by atomic mass is 16.4. The molecule has 1 aromatic rings. The lowest BCUT2D eigenvalue weighted by molar-refractivity contribution is -0.141. The molecule has 0 bridgehead atoms. The maximum atomic E-state index is 12.0. The van der Waals surface area contributed by atoms with Crippen molar-refractivity contribution in [3.63, 3.8) is 0 Å². The summed E-state index contributed by atoms with van der Waals surface area (Å²) < 4.78 is 0. The second-order valence-corrected chi connectivity index (χ2v) is 6.19. The van der Waals surface area contributed by atoms with Crippen molar-refractivity contribution in [2.24, 2.45) is 5.92 Å². The van der Waals surface area contributed by atoms with Gasteiger partial charge in [-0.2, -0.15) is 0 Å². The topological polar surface area (TPSA) is 60.9 Å². The van der Waals surface area contributed by atoms with Gasteiger partial charge in [0.25, 0.3) is 0 Å². The minimum atomic E-state index is -0.875. The Balaban J connectivity index is 1.75. The fraction of sp³-hybridized carbons (Fsp3) is 0.529.